The van der Waals surface area contributed by atoms with Crippen molar-refractivity contribution in [3.8, 4) is 0 Å². The second kappa shape index (κ2) is 6.85. The Kier molecular flexibility index (Phi) is 5.12. The molecule has 2 aromatic rings. The maximum absolute atomic E-state index is 13.0. The van der Waals surface area contributed by atoms with E-state index in [1.54, 1.807) is 24.3 Å². The summed E-state index contributed by atoms with van der Waals surface area (Å²) in [6.45, 7) is 0. The van der Waals surface area contributed by atoms with Gasteiger partial charge in [0.1, 0.15) is 5.82 Å². The Morgan fingerprint density at radius 1 is 1.10 bits per heavy atom. The highest BCUT2D eigenvalue weighted by atomic mass is 35.5. The molecule has 0 saturated heterocycles. The average molecular weight is 343 g/mol. The van der Waals surface area contributed by atoms with Crippen LogP contribution >= 0.6 is 35.4 Å². The molecule has 0 fully saturated rings. The Balaban J connectivity index is 2.03. The summed E-state index contributed by atoms with van der Waals surface area (Å²) in [6, 6.07) is 10.6. The quantitative estimate of drug-likeness (QED) is 0.801. The van der Waals surface area contributed by atoms with E-state index in [4.69, 9.17) is 35.4 Å². The van der Waals surface area contributed by atoms with Crippen LogP contribution in [0.1, 0.15) is 10.4 Å². The number of carbonyl (C=O) groups excluding carboxylic acids is 1. The van der Waals surface area contributed by atoms with Crippen LogP contribution in [0.2, 0.25) is 10.0 Å². The summed E-state index contributed by atoms with van der Waals surface area (Å²) in [7, 11) is 0. The summed E-state index contributed by atoms with van der Waals surface area (Å²) >= 11 is 16.6. The number of hydrogen-bond donors (Lipinski definition) is 2. The maximum atomic E-state index is 13.0. The molecular formula is C14H9Cl2FN2OS. The Hall–Kier alpha value is -1.69. The molecule has 0 aliphatic heterocycles. The Labute approximate surface area is 136 Å². The van der Waals surface area contributed by atoms with E-state index in [1.165, 1.54) is 18.2 Å². The van der Waals surface area contributed by atoms with Crippen molar-refractivity contribution < 1.29 is 9.18 Å². The van der Waals surface area contributed by atoms with E-state index in [2.05, 4.69) is 10.6 Å². The number of hydrogen-bond acceptors (Lipinski definition) is 2. The molecule has 21 heavy (non-hydrogen) atoms. The summed E-state index contributed by atoms with van der Waals surface area (Å²) in [4.78, 5) is 12.0. The van der Waals surface area contributed by atoms with Crippen molar-refractivity contribution in [1.82, 2.24) is 5.32 Å². The van der Waals surface area contributed by atoms with E-state index >= 15 is 0 Å². The zero-order valence-electron chi connectivity index (χ0n) is 10.5. The highest BCUT2D eigenvalue weighted by Gasteiger charge is 2.11. The van der Waals surface area contributed by atoms with E-state index in [0.717, 1.165) is 0 Å². The van der Waals surface area contributed by atoms with Crippen molar-refractivity contribution in [2.24, 2.45) is 0 Å². The van der Waals surface area contributed by atoms with Crippen LogP contribution in [0.3, 0.4) is 0 Å². The first-order valence-electron chi connectivity index (χ1n) is 5.79. The molecule has 108 valence electrons. The molecular weight excluding hydrogens is 334 g/mol. The fourth-order valence-electron chi connectivity index (χ4n) is 1.55. The van der Waals surface area contributed by atoms with Gasteiger partial charge < -0.3 is 5.32 Å². The van der Waals surface area contributed by atoms with Gasteiger partial charge in [-0.15, -0.1) is 0 Å². The maximum Gasteiger partial charge on any atom is 0.258 e. The first-order chi connectivity index (χ1) is 9.97. The summed E-state index contributed by atoms with van der Waals surface area (Å²) < 4.78 is 13.0. The molecule has 7 heteroatoms. The fourth-order valence-corrected chi connectivity index (χ4v) is 2.16. The molecule has 2 aromatic carbocycles. The third-order valence-electron chi connectivity index (χ3n) is 2.52. The summed E-state index contributed by atoms with van der Waals surface area (Å²) in [6.07, 6.45) is 0. The molecule has 0 aliphatic carbocycles. The molecule has 0 heterocycles. The SMILES string of the molecule is O=C(NC(=S)Nc1ccc(F)c(Cl)c1)c1ccccc1Cl. The minimum Gasteiger partial charge on any atom is -0.332 e. The topological polar surface area (TPSA) is 41.1 Å². The lowest BCUT2D eigenvalue weighted by atomic mass is 10.2. The second-order valence-corrected chi connectivity index (χ2v) is 5.24. The molecule has 0 radical (unpaired) electrons. The number of anilines is 1. The van der Waals surface area contributed by atoms with E-state index in [-0.39, 0.29) is 10.1 Å². The van der Waals surface area contributed by atoms with Gasteiger partial charge in [0, 0.05) is 5.69 Å². The zero-order chi connectivity index (χ0) is 15.4. The molecule has 2 rings (SSSR count). The van der Waals surface area contributed by atoms with Gasteiger partial charge >= 0.3 is 0 Å². The Morgan fingerprint density at radius 2 is 1.81 bits per heavy atom. The number of amides is 1. The number of rotatable bonds is 2. The van der Waals surface area contributed by atoms with Crippen molar-refractivity contribution in [2.75, 3.05) is 5.32 Å². The van der Waals surface area contributed by atoms with Crippen molar-refractivity contribution in [3.63, 3.8) is 0 Å². The van der Waals surface area contributed by atoms with Gasteiger partial charge in [-0.25, -0.2) is 4.39 Å². The van der Waals surface area contributed by atoms with Crippen LogP contribution in [-0.2, 0) is 0 Å². The third kappa shape index (κ3) is 4.14. The van der Waals surface area contributed by atoms with E-state index in [1.807, 2.05) is 0 Å². The fraction of sp³-hybridized carbons (Fsp3) is 0. The summed E-state index contributed by atoms with van der Waals surface area (Å²) in [5.41, 5.74) is 0.770. The first kappa shape index (κ1) is 15.7. The van der Waals surface area contributed by atoms with Crippen molar-refractivity contribution in [2.45, 2.75) is 0 Å². The third-order valence-corrected chi connectivity index (χ3v) is 3.35. The molecule has 0 unspecified atom stereocenters. The van der Waals surface area contributed by atoms with Crippen LogP contribution in [0.5, 0.6) is 0 Å². The predicted octanol–water partition coefficient (Wildman–Crippen LogP) is 4.26. The minimum atomic E-state index is -0.534. The Bertz CT molecular complexity index is 709. The van der Waals surface area contributed by atoms with Crippen LogP contribution in [0, 0.1) is 5.82 Å². The number of thiocarbonyl (C=S) groups is 1. The largest absolute Gasteiger partial charge is 0.332 e. The molecule has 0 atom stereocenters. The van der Waals surface area contributed by atoms with Crippen LogP contribution < -0.4 is 10.6 Å². The van der Waals surface area contributed by atoms with Crippen LogP contribution in [-0.4, -0.2) is 11.0 Å². The van der Waals surface area contributed by atoms with E-state index < -0.39 is 11.7 Å². The number of nitrogens with one attached hydrogen (secondary N) is 2. The lowest BCUT2D eigenvalue weighted by Crippen LogP contribution is -2.34. The van der Waals surface area contributed by atoms with Gasteiger partial charge in [-0.05, 0) is 42.5 Å². The molecule has 1 amide bonds. The molecule has 0 bridgehead atoms. The zero-order valence-corrected chi connectivity index (χ0v) is 12.8. The Morgan fingerprint density at radius 3 is 2.48 bits per heavy atom. The lowest BCUT2D eigenvalue weighted by molar-refractivity contribution is 0.0978. The first-order valence-corrected chi connectivity index (χ1v) is 6.95. The van der Waals surface area contributed by atoms with Gasteiger partial charge in [-0.1, -0.05) is 35.3 Å². The van der Waals surface area contributed by atoms with Gasteiger partial charge in [-0.2, -0.15) is 0 Å². The van der Waals surface area contributed by atoms with Crippen molar-refractivity contribution in [1.29, 1.82) is 0 Å². The van der Waals surface area contributed by atoms with Gasteiger partial charge in [0.15, 0.2) is 5.11 Å². The van der Waals surface area contributed by atoms with Crippen LogP contribution in [0.15, 0.2) is 42.5 Å². The predicted molar refractivity (Wildman–Crippen MR) is 86.5 cm³/mol. The molecule has 0 spiro atoms. The summed E-state index contributed by atoms with van der Waals surface area (Å²) in [5.74, 6) is -0.973. The van der Waals surface area contributed by atoms with Gasteiger partial charge in [-0.3, -0.25) is 10.1 Å². The molecule has 2 N–H and O–H groups in total. The van der Waals surface area contributed by atoms with Gasteiger partial charge in [0.2, 0.25) is 0 Å². The molecule has 3 nitrogen and oxygen atoms in total. The van der Waals surface area contributed by atoms with Crippen molar-refractivity contribution >= 4 is 52.1 Å². The lowest BCUT2D eigenvalue weighted by Gasteiger charge is -2.10. The average Bonchev–Trinajstić information content (AvgIpc) is 2.43. The summed E-state index contributed by atoms with van der Waals surface area (Å²) in [5, 5.41) is 5.55. The minimum absolute atomic E-state index is 0.0415. The van der Waals surface area contributed by atoms with Crippen LogP contribution in [0.4, 0.5) is 10.1 Å². The van der Waals surface area contributed by atoms with Crippen molar-refractivity contribution in [3.05, 3.63) is 63.9 Å². The molecule has 0 aromatic heterocycles. The highest BCUT2D eigenvalue weighted by Crippen LogP contribution is 2.19. The van der Waals surface area contributed by atoms with E-state index in [9.17, 15) is 9.18 Å². The second-order valence-electron chi connectivity index (χ2n) is 4.02. The smallest absolute Gasteiger partial charge is 0.258 e. The molecule has 0 aliphatic rings. The van der Waals surface area contributed by atoms with Gasteiger partial charge in [0.05, 0.1) is 15.6 Å². The highest BCUT2D eigenvalue weighted by molar-refractivity contribution is 7.80. The number of carbonyl (C=O) groups is 1. The number of benzene rings is 2. The standard InChI is InChI=1S/C14H9Cl2FN2OS/c15-10-4-2-1-3-9(10)13(20)19-14(21)18-8-5-6-12(17)11(16)7-8/h1-7H,(H2,18,19,20,21). The normalized spacial score (nSPS) is 10.0. The van der Waals surface area contributed by atoms with Crippen LogP contribution in [0.25, 0.3) is 0 Å². The number of halogens is 3. The monoisotopic (exact) mass is 342 g/mol. The van der Waals surface area contributed by atoms with Gasteiger partial charge in [0.25, 0.3) is 5.91 Å². The van der Waals surface area contributed by atoms with E-state index in [0.29, 0.717) is 16.3 Å². The molecule has 0 saturated carbocycles.